The minimum Gasteiger partial charge on any atom is -0.370 e. The van der Waals surface area contributed by atoms with E-state index in [2.05, 4.69) is 16.0 Å². The largest absolute Gasteiger partial charge is 0.370 e. The molecule has 0 rings (SSSR count). The van der Waals surface area contributed by atoms with Gasteiger partial charge in [0.05, 0.1) is 12.5 Å². The van der Waals surface area contributed by atoms with Gasteiger partial charge in [-0.1, -0.05) is 54.4 Å². The standard InChI is InChI=1S/C26H48N8O8/c1-7-13(5)19(29)24(39)33-21(14(6)8-2)26(41)34(42)16(9-10-17(27)35)23(38)32-20(12(3)4)25(40)31-15(22(30)37)11-18(28)36/h12-16,19-21,42H,7-11,29H2,1-6H3,(H2,27,35)(H2,28,36)(H2,30,37)(H,31,40)(H,32,38)(H,33,39)/t13-,14-,15-,16-,19-,20-,21-/m0/s1. The number of nitrogens with one attached hydrogen (secondary N) is 3. The number of hydrogen-bond donors (Lipinski definition) is 8. The molecule has 0 fully saturated rings. The van der Waals surface area contributed by atoms with Crippen molar-refractivity contribution in [2.75, 3.05) is 0 Å². The van der Waals surface area contributed by atoms with Gasteiger partial charge >= 0.3 is 0 Å². The number of carbonyl (C=O) groups excluding carboxylic acids is 7. The van der Waals surface area contributed by atoms with Gasteiger partial charge < -0.3 is 38.9 Å². The van der Waals surface area contributed by atoms with E-state index in [1.165, 1.54) is 0 Å². The first-order valence-corrected chi connectivity index (χ1v) is 13.9. The smallest absolute Gasteiger partial charge is 0.269 e. The number of primary amides is 3. The van der Waals surface area contributed by atoms with Crippen LogP contribution in [-0.2, 0) is 33.6 Å². The highest BCUT2D eigenvalue weighted by Crippen LogP contribution is 2.16. The average molecular weight is 601 g/mol. The zero-order valence-electron chi connectivity index (χ0n) is 25.2. The number of nitrogens with two attached hydrogens (primary N) is 4. The second-order valence-corrected chi connectivity index (χ2v) is 10.9. The van der Waals surface area contributed by atoms with E-state index in [4.69, 9.17) is 22.9 Å². The topological polar surface area (TPSA) is 283 Å². The average Bonchev–Trinajstić information content (AvgIpc) is 2.91. The number of carbonyl (C=O) groups is 7. The number of amides is 7. The summed E-state index contributed by atoms with van der Waals surface area (Å²) in [5.41, 5.74) is 21.6. The van der Waals surface area contributed by atoms with Crippen LogP contribution in [0.3, 0.4) is 0 Å². The molecule has 7 atom stereocenters. The Morgan fingerprint density at radius 1 is 0.738 bits per heavy atom. The molecule has 0 heterocycles. The molecule has 0 aromatic carbocycles. The van der Waals surface area contributed by atoms with Crippen LogP contribution in [0.2, 0.25) is 0 Å². The molecule has 0 aliphatic carbocycles. The summed E-state index contributed by atoms with van der Waals surface area (Å²) in [6, 6.07) is -6.69. The second kappa shape index (κ2) is 17.9. The molecule has 0 saturated heterocycles. The van der Waals surface area contributed by atoms with Crippen LogP contribution in [0, 0.1) is 17.8 Å². The van der Waals surface area contributed by atoms with Crippen LogP contribution in [0.5, 0.6) is 0 Å². The van der Waals surface area contributed by atoms with Crippen molar-refractivity contribution < 1.29 is 38.8 Å². The lowest BCUT2D eigenvalue weighted by Gasteiger charge is -2.33. The maximum absolute atomic E-state index is 13.5. The fraction of sp³-hybridized carbons (Fsp3) is 0.731. The molecule has 240 valence electrons. The van der Waals surface area contributed by atoms with Crippen LogP contribution in [0.4, 0.5) is 0 Å². The van der Waals surface area contributed by atoms with Gasteiger partial charge in [0.2, 0.25) is 35.4 Å². The van der Waals surface area contributed by atoms with Crippen LogP contribution in [0.25, 0.3) is 0 Å². The van der Waals surface area contributed by atoms with Gasteiger partial charge in [0.1, 0.15) is 24.2 Å². The van der Waals surface area contributed by atoms with Gasteiger partial charge in [0.25, 0.3) is 5.91 Å². The van der Waals surface area contributed by atoms with Crippen LogP contribution >= 0.6 is 0 Å². The molecule has 12 N–H and O–H groups in total. The van der Waals surface area contributed by atoms with Crippen molar-refractivity contribution in [1.82, 2.24) is 21.0 Å². The van der Waals surface area contributed by atoms with Crippen molar-refractivity contribution in [2.24, 2.45) is 40.7 Å². The Balaban J connectivity index is 6.17. The van der Waals surface area contributed by atoms with Gasteiger partial charge in [0.15, 0.2) is 0 Å². The molecule has 0 aliphatic heterocycles. The van der Waals surface area contributed by atoms with E-state index in [1.54, 1.807) is 34.6 Å². The highest BCUT2D eigenvalue weighted by Gasteiger charge is 2.39. The molecule has 0 spiro atoms. The molecule has 16 heteroatoms. The van der Waals surface area contributed by atoms with Gasteiger partial charge in [-0.3, -0.25) is 38.8 Å². The summed E-state index contributed by atoms with van der Waals surface area (Å²) in [6.45, 7) is 10.2. The summed E-state index contributed by atoms with van der Waals surface area (Å²) in [6.07, 6.45) is -0.407. The summed E-state index contributed by atoms with van der Waals surface area (Å²) in [5, 5.41) is 18.3. The molecule has 0 aromatic heterocycles. The number of hydroxylamine groups is 2. The molecule has 7 amide bonds. The summed E-state index contributed by atoms with van der Waals surface area (Å²) in [4.78, 5) is 87.0. The molecule has 0 saturated carbocycles. The zero-order valence-corrected chi connectivity index (χ0v) is 25.2. The number of hydrogen-bond acceptors (Lipinski definition) is 9. The molecule has 42 heavy (non-hydrogen) atoms. The third-order valence-electron chi connectivity index (χ3n) is 7.14. The van der Waals surface area contributed by atoms with Crippen molar-refractivity contribution >= 4 is 41.4 Å². The van der Waals surface area contributed by atoms with Gasteiger partial charge in [-0.2, -0.15) is 0 Å². The molecule has 0 aliphatic rings. The Kier molecular flexibility index (Phi) is 16.3. The van der Waals surface area contributed by atoms with E-state index < -0.39 is 103 Å². The zero-order chi connectivity index (χ0) is 32.9. The van der Waals surface area contributed by atoms with Crippen LogP contribution in [0.1, 0.15) is 73.6 Å². The van der Waals surface area contributed by atoms with Crippen molar-refractivity contribution in [1.29, 1.82) is 0 Å². The van der Waals surface area contributed by atoms with Crippen LogP contribution in [0.15, 0.2) is 0 Å². The quantitative estimate of drug-likeness (QED) is 0.0585. The van der Waals surface area contributed by atoms with E-state index in [0.29, 0.717) is 12.8 Å². The second-order valence-electron chi connectivity index (χ2n) is 10.9. The van der Waals surface area contributed by atoms with Crippen LogP contribution < -0.4 is 38.9 Å². The number of nitrogens with zero attached hydrogens (tertiary/aromatic N) is 1. The maximum atomic E-state index is 13.5. The third kappa shape index (κ3) is 12.0. The van der Waals surface area contributed by atoms with Gasteiger partial charge in [-0.15, -0.1) is 0 Å². The Bertz CT molecular complexity index is 991. The molecule has 16 nitrogen and oxygen atoms in total. The van der Waals surface area contributed by atoms with Crippen molar-refractivity contribution in [2.45, 2.75) is 104 Å². The van der Waals surface area contributed by atoms with Gasteiger partial charge in [-0.05, 0) is 24.2 Å². The van der Waals surface area contributed by atoms with E-state index in [-0.39, 0.29) is 11.0 Å². The predicted molar refractivity (Wildman–Crippen MR) is 151 cm³/mol. The predicted octanol–water partition coefficient (Wildman–Crippen LogP) is -2.27. The van der Waals surface area contributed by atoms with Crippen LogP contribution in [-0.4, -0.2) is 81.8 Å². The van der Waals surface area contributed by atoms with Crippen molar-refractivity contribution in [3.63, 3.8) is 0 Å². The highest BCUT2D eigenvalue weighted by molar-refractivity contribution is 5.96. The van der Waals surface area contributed by atoms with E-state index in [1.807, 2.05) is 6.92 Å². The Morgan fingerprint density at radius 3 is 1.69 bits per heavy atom. The molecule has 0 unspecified atom stereocenters. The minimum atomic E-state index is -1.71. The van der Waals surface area contributed by atoms with E-state index in [0.717, 1.165) is 0 Å². The van der Waals surface area contributed by atoms with E-state index >= 15 is 0 Å². The lowest BCUT2D eigenvalue weighted by Crippen LogP contribution is -2.61. The molecule has 0 radical (unpaired) electrons. The minimum absolute atomic E-state index is 0.110. The molecule has 0 aromatic rings. The summed E-state index contributed by atoms with van der Waals surface area (Å²) in [7, 11) is 0. The molecular formula is C26H48N8O8. The Hall–Kier alpha value is -3.79. The SMILES string of the molecule is CC[C@H](C)[C@H](N)C(=O)N[C@H](C(=O)N(O)[C@@H](CCC(N)=O)C(=O)N[C@H](C(=O)N[C@@H](CC(N)=O)C(N)=O)C(C)C)[C@@H](C)CC. The number of rotatable bonds is 19. The third-order valence-corrected chi connectivity index (χ3v) is 7.14. The molecular weight excluding hydrogens is 552 g/mol. The first-order valence-electron chi connectivity index (χ1n) is 13.9. The lowest BCUT2D eigenvalue weighted by molar-refractivity contribution is -0.184. The lowest BCUT2D eigenvalue weighted by atomic mass is 9.95. The highest BCUT2D eigenvalue weighted by atomic mass is 16.5. The monoisotopic (exact) mass is 600 g/mol. The first kappa shape index (κ1) is 38.2. The van der Waals surface area contributed by atoms with Gasteiger partial charge in [-0.25, -0.2) is 5.06 Å². The summed E-state index contributed by atoms with van der Waals surface area (Å²) in [5.74, 6) is -7.64. The fourth-order valence-electron chi connectivity index (χ4n) is 3.85. The maximum Gasteiger partial charge on any atom is 0.269 e. The molecule has 0 bridgehead atoms. The first-order chi connectivity index (χ1) is 19.4. The summed E-state index contributed by atoms with van der Waals surface area (Å²) < 4.78 is 0. The van der Waals surface area contributed by atoms with E-state index in [9.17, 15) is 38.8 Å². The Labute approximate surface area is 246 Å². The normalized spacial score (nSPS) is 16.1. The Morgan fingerprint density at radius 2 is 1.26 bits per heavy atom. The fourth-order valence-corrected chi connectivity index (χ4v) is 3.85. The van der Waals surface area contributed by atoms with Gasteiger partial charge in [0, 0.05) is 6.42 Å². The summed E-state index contributed by atoms with van der Waals surface area (Å²) >= 11 is 0. The van der Waals surface area contributed by atoms with Crippen molar-refractivity contribution in [3.8, 4) is 0 Å². The van der Waals surface area contributed by atoms with Crippen molar-refractivity contribution in [3.05, 3.63) is 0 Å².